The van der Waals surface area contributed by atoms with Crippen molar-refractivity contribution >= 4 is 39.1 Å². The number of nitriles is 1. The van der Waals surface area contributed by atoms with E-state index in [1.54, 1.807) is 6.07 Å². The van der Waals surface area contributed by atoms with Crippen LogP contribution in [0, 0.1) is 17.1 Å². The van der Waals surface area contributed by atoms with E-state index in [2.05, 4.69) is 14.8 Å². The van der Waals surface area contributed by atoms with Gasteiger partial charge in [0.25, 0.3) is 16.1 Å². The monoisotopic (exact) mass is 469 g/mol. The zero-order chi connectivity index (χ0) is 22.8. The summed E-state index contributed by atoms with van der Waals surface area (Å²) in [5, 5.41) is 20.8. The van der Waals surface area contributed by atoms with Crippen molar-refractivity contribution in [3.05, 3.63) is 46.5 Å². The Balaban J connectivity index is 1.74. The number of aliphatic hydroxyl groups is 1. The molecule has 0 spiro atoms. The summed E-state index contributed by atoms with van der Waals surface area (Å²) in [6.45, 7) is 0. The number of hydrogen-bond donors (Lipinski definition) is 4. The second-order valence-electron chi connectivity index (χ2n) is 7.31. The molecule has 1 aromatic carbocycles. The van der Waals surface area contributed by atoms with Crippen LogP contribution in [0.2, 0.25) is 5.02 Å². The number of anilines is 2. The zero-order valence-corrected chi connectivity index (χ0v) is 18.1. The third-order valence-corrected chi connectivity index (χ3v) is 6.46. The molecule has 12 heteroatoms. The molecule has 1 heterocycles. The number of carbonyl (C=O) groups is 1. The average Bonchev–Trinajstić information content (AvgIpc) is 2.97. The fourth-order valence-corrected chi connectivity index (χ4v) is 4.94. The Morgan fingerprint density at radius 3 is 2.65 bits per heavy atom. The number of amides is 1. The van der Waals surface area contributed by atoms with Gasteiger partial charge in [-0.15, -0.1) is 0 Å². The highest BCUT2D eigenvalue weighted by molar-refractivity contribution is 7.90. The highest BCUT2D eigenvalue weighted by atomic mass is 35.5. The summed E-state index contributed by atoms with van der Waals surface area (Å²) < 4.78 is 44.6. The van der Waals surface area contributed by atoms with Crippen molar-refractivity contribution in [1.82, 2.24) is 9.29 Å². The van der Waals surface area contributed by atoms with Crippen molar-refractivity contribution < 1.29 is 22.7 Å². The minimum Gasteiger partial charge on any atom is -0.393 e. The van der Waals surface area contributed by atoms with E-state index in [9.17, 15) is 22.7 Å². The fourth-order valence-electron chi connectivity index (χ4n) is 3.39. The molecule has 0 aliphatic heterocycles. The zero-order valence-electron chi connectivity index (χ0n) is 16.5. The van der Waals surface area contributed by atoms with Gasteiger partial charge < -0.3 is 15.0 Å². The normalized spacial score (nSPS) is 18.9. The van der Waals surface area contributed by atoms with Crippen LogP contribution in [-0.4, -0.2) is 36.1 Å². The quantitative estimate of drug-likeness (QED) is 0.515. The summed E-state index contributed by atoms with van der Waals surface area (Å²) in [6.07, 6.45) is 3.00. The number of halogens is 2. The van der Waals surface area contributed by atoms with Crippen LogP contribution < -0.4 is 14.8 Å². The number of aryl methyl sites for hydroxylation is 1. The highest BCUT2D eigenvalue weighted by Gasteiger charge is 2.26. The third-order valence-electron chi connectivity index (χ3n) is 4.94. The number of nitrogens with zero attached hydrogens (tertiary/aromatic N) is 2. The summed E-state index contributed by atoms with van der Waals surface area (Å²) >= 11 is 6.26. The molecule has 0 saturated heterocycles. The fraction of sp³-hybridized carbons (Fsp3) is 0.368. The van der Waals surface area contributed by atoms with E-state index in [0.29, 0.717) is 25.7 Å². The standard InChI is InChI=1S/C19H21ClFN5O4S/c1-26-10-16(25-31(29,30)24-12-2-5-14(27)6-3-12)17(20)18(26)19(28)23-13-4-7-15(21)11(8-13)9-22/h4,7-8,10,12,14,24-25,27H,2-3,5-6H2,1H3,(H,23,28). The largest absolute Gasteiger partial charge is 0.393 e. The Morgan fingerprint density at radius 2 is 2.00 bits per heavy atom. The van der Waals surface area contributed by atoms with Crippen molar-refractivity contribution in [2.75, 3.05) is 10.0 Å². The van der Waals surface area contributed by atoms with Gasteiger partial charge in [0.15, 0.2) is 0 Å². The summed E-state index contributed by atoms with van der Waals surface area (Å²) in [5.74, 6) is -1.38. The minimum absolute atomic E-state index is 0.00878. The van der Waals surface area contributed by atoms with Crippen LogP contribution in [-0.2, 0) is 17.3 Å². The van der Waals surface area contributed by atoms with Gasteiger partial charge in [-0.05, 0) is 43.9 Å². The van der Waals surface area contributed by atoms with Crippen LogP contribution in [0.15, 0.2) is 24.4 Å². The lowest BCUT2D eigenvalue weighted by Gasteiger charge is -2.26. The van der Waals surface area contributed by atoms with Crippen molar-refractivity contribution in [1.29, 1.82) is 5.26 Å². The molecule has 0 bridgehead atoms. The van der Waals surface area contributed by atoms with Crippen molar-refractivity contribution in [2.45, 2.75) is 37.8 Å². The molecule has 1 aliphatic carbocycles. The molecule has 3 rings (SSSR count). The van der Waals surface area contributed by atoms with Crippen LogP contribution in [0.4, 0.5) is 15.8 Å². The topological polar surface area (TPSA) is 136 Å². The first-order chi connectivity index (χ1) is 14.6. The molecule has 0 atom stereocenters. The molecule has 31 heavy (non-hydrogen) atoms. The minimum atomic E-state index is -3.96. The molecule has 1 fully saturated rings. The Labute approximate surface area is 184 Å². The van der Waals surface area contributed by atoms with Gasteiger partial charge in [0, 0.05) is 25.0 Å². The van der Waals surface area contributed by atoms with Gasteiger partial charge in [-0.25, -0.2) is 4.39 Å². The summed E-state index contributed by atoms with van der Waals surface area (Å²) in [6, 6.07) is 4.90. The highest BCUT2D eigenvalue weighted by Crippen LogP contribution is 2.30. The molecule has 1 aromatic heterocycles. The van der Waals surface area contributed by atoms with Gasteiger partial charge in [-0.3, -0.25) is 9.52 Å². The summed E-state index contributed by atoms with van der Waals surface area (Å²) in [5.41, 5.74) is -0.0634. The van der Waals surface area contributed by atoms with Crippen LogP contribution in [0.1, 0.15) is 41.7 Å². The maximum absolute atomic E-state index is 13.5. The van der Waals surface area contributed by atoms with Crippen LogP contribution in [0.25, 0.3) is 0 Å². The molecule has 0 unspecified atom stereocenters. The molecule has 2 aromatic rings. The molecular formula is C19H21ClFN5O4S. The number of hydrogen-bond acceptors (Lipinski definition) is 5. The third kappa shape index (κ3) is 5.54. The number of aromatic nitrogens is 1. The molecule has 0 radical (unpaired) electrons. The Bertz CT molecular complexity index is 1140. The number of rotatable bonds is 6. The summed E-state index contributed by atoms with van der Waals surface area (Å²) in [4.78, 5) is 12.7. The lowest BCUT2D eigenvalue weighted by atomic mass is 9.94. The van der Waals surface area contributed by atoms with Gasteiger partial charge in [0.2, 0.25) is 0 Å². The van der Waals surface area contributed by atoms with Gasteiger partial charge in [-0.1, -0.05) is 11.6 Å². The van der Waals surface area contributed by atoms with E-state index in [-0.39, 0.29) is 33.7 Å². The molecule has 1 amide bonds. The van der Waals surface area contributed by atoms with Crippen LogP contribution in [0.3, 0.4) is 0 Å². The van der Waals surface area contributed by atoms with Gasteiger partial charge in [0.1, 0.15) is 17.6 Å². The lowest BCUT2D eigenvalue weighted by Crippen LogP contribution is -2.41. The Morgan fingerprint density at radius 1 is 1.32 bits per heavy atom. The predicted molar refractivity (Wildman–Crippen MR) is 113 cm³/mol. The molecule has 1 aliphatic rings. The predicted octanol–water partition coefficient (Wildman–Crippen LogP) is 2.49. The number of carbonyl (C=O) groups excluding carboxylic acids is 1. The number of aliphatic hydroxyl groups excluding tert-OH is 1. The van der Waals surface area contributed by atoms with E-state index in [1.165, 1.54) is 29.9 Å². The van der Waals surface area contributed by atoms with Crippen molar-refractivity contribution in [3.63, 3.8) is 0 Å². The summed E-state index contributed by atoms with van der Waals surface area (Å²) in [7, 11) is -2.45. The van der Waals surface area contributed by atoms with Gasteiger partial charge in [0.05, 0.1) is 22.4 Å². The maximum Gasteiger partial charge on any atom is 0.299 e. The Hall–Kier alpha value is -2.65. The van der Waals surface area contributed by atoms with Gasteiger partial charge in [-0.2, -0.15) is 18.4 Å². The molecular weight excluding hydrogens is 449 g/mol. The van der Waals surface area contributed by atoms with Crippen LogP contribution in [0.5, 0.6) is 0 Å². The van der Waals surface area contributed by atoms with Crippen molar-refractivity contribution in [3.8, 4) is 6.07 Å². The maximum atomic E-state index is 13.5. The van der Waals surface area contributed by atoms with Gasteiger partial charge >= 0.3 is 0 Å². The number of benzene rings is 1. The second-order valence-corrected chi connectivity index (χ2v) is 9.13. The molecule has 9 nitrogen and oxygen atoms in total. The first-order valence-electron chi connectivity index (χ1n) is 9.43. The molecule has 166 valence electrons. The van der Waals surface area contributed by atoms with Crippen LogP contribution >= 0.6 is 11.6 Å². The lowest BCUT2D eigenvalue weighted by molar-refractivity contribution is 0.101. The average molecular weight is 470 g/mol. The van der Waals surface area contributed by atoms with Crippen molar-refractivity contribution in [2.24, 2.45) is 7.05 Å². The number of nitrogens with one attached hydrogen (secondary N) is 3. The smallest absolute Gasteiger partial charge is 0.299 e. The van der Waals surface area contributed by atoms with E-state index >= 15 is 0 Å². The van der Waals surface area contributed by atoms with E-state index < -0.39 is 28.0 Å². The molecule has 1 saturated carbocycles. The first-order valence-corrected chi connectivity index (χ1v) is 11.3. The Kier molecular flexibility index (Phi) is 6.86. The first kappa shape index (κ1) is 23.0. The van der Waals surface area contributed by atoms with E-state index in [4.69, 9.17) is 16.9 Å². The SMILES string of the molecule is Cn1cc(NS(=O)(=O)NC2CCC(O)CC2)c(Cl)c1C(=O)Nc1ccc(F)c(C#N)c1. The second kappa shape index (κ2) is 9.23. The molecule has 4 N–H and O–H groups in total. The van der Waals surface area contributed by atoms with E-state index in [1.807, 2.05) is 0 Å². The van der Waals surface area contributed by atoms with E-state index in [0.717, 1.165) is 6.07 Å².